The van der Waals surface area contributed by atoms with Crippen LogP contribution in [-0.2, 0) is 9.53 Å². The summed E-state index contributed by atoms with van der Waals surface area (Å²) in [4.78, 5) is 13.4. The average Bonchev–Trinajstić information content (AvgIpc) is 2.87. The van der Waals surface area contributed by atoms with Gasteiger partial charge in [-0.25, -0.2) is 0 Å². The number of methoxy groups -OCH3 is 1. The highest BCUT2D eigenvalue weighted by molar-refractivity contribution is 5.68. The number of allylic oxidation sites excluding steroid dienone is 2. The maximum absolute atomic E-state index is 11.1. The highest BCUT2D eigenvalue weighted by atomic mass is 16.5. The lowest BCUT2D eigenvalue weighted by Gasteiger charge is -2.19. The highest BCUT2D eigenvalue weighted by Gasteiger charge is 2.09. The normalized spacial score (nSPS) is 12.6. The van der Waals surface area contributed by atoms with Gasteiger partial charge in [-0.05, 0) is 65.1 Å². The molecule has 36 heavy (non-hydrogen) atoms. The van der Waals surface area contributed by atoms with Crippen LogP contribution in [0.2, 0.25) is 0 Å². The van der Waals surface area contributed by atoms with Gasteiger partial charge in [0.05, 0.1) is 7.11 Å². The van der Waals surface area contributed by atoms with Crippen LogP contribution >= 0.6 is 0 Å². The fourth-order valence-corrected chi connectivity index (χ4v) is 5.07. The van der Waals surface area contributed by atoms with Crippen LogP contribution in [0.5, 0.6) is 0 Å². The summed E-state index contributed by atoms with van der Waals surface area (Å²) in [6.45, 7) is 3.56. The molecule has 0 aromatic carbocycles. The van der Waals surface area contributed by atoms with Gasteiger partial charge in [-0.3, -0.25) is 4.79 Å². The van der Waals surface area contributed by atoms with Crippen LogP contribution in [0.1, 0.15) is 161 Å². The van der Waals surface area contributed by atoms with E-state index in [2.05, 4.69) is 42.8 Å². The van der Waals surface area contributed by atoms with E-state index in [1.54, 1.807) is 0 Å². The number of hydrogen-bond acceptors (Lipinski definition) is 3. The lowest BCUT2D eigenvalue weighted by Crippen LogP contribution is -2.17. The molecular formula is C33H65NO2. The van der Waals surface area contributed by atoms with Crippen molar-refractivity contribution < 1.29 is 9.53 Å². The zero-order chi connectivity index (χ0) is 26.5. The van der Waals surface area contributed by atoms with Gasteiger partial charge in [-0.2, -0.15) is 0 Å². The first-order valence-corrected chi connectivity index (χ1v) is 16.0. The molecule has 0 bridgehead atoms. The van der Waals surface area contributed by atoms with Crippen molar-refractivity contribution in [2.45, 2.75) is 161 Å². The van der Waals surface area contributed by atoms with E-state index in [0.717, 1.165) is 18.8 Å². The van der Waals surface area contributed by atoms with Gasteiger partial charge in [0.1, 0.15) is 0 Å². The third-order valence-electron chi connectivity index (χ3n) is 7.58. The van der Waals surface area contributed by atoms with Crippen LogP contribution in [0.4, 0.5) is 0 Å². The first-order chi connectivity index (χ1) is 17.6. The van der Waals surface area contributed by atoms with E-state index in [9.17, 15) is 4.79 Å². The van der Waals surface area contributed by atoms with Crippen LogP contribution in [-0.4, -0.2) is 38.6 Å². The number of carbonyl (C=O) groups is 1. The number of ether oxygens (including phenoxy) is 1. The fourth-order valence-electron chi connectivity index (χ4n) is 5.07. The number of hydrogen-bond donors (Lipinski definition) is 0. The standard InChI is InChI=1S/C33H65NO2/c1-5-6-7-8-18-21-24-27-32(30-31-34(2)3)28-25-22-19-16-14-12-10-9-11-13-15-17-20-23-26-29-33(35)36-4/h10,12,32H,5-9,11,13-31H2,1-4H3/b12-10-. The zero-order valence-corrected chi connectivity index (χ0v) is 25.2. The second-order valence-corrected chi connectivity index (χ2v) is 11.4. The molecule has 0 amide bonds. The predicted octanol–water partition coefficient (Wildman–Crippen LogP) is 10.3. The van der Waals surface area contributed by atoms with Crippen LogP contribution < -0.4 is 0 Å². The van der Waals surface area contributed by atoms with E-state index in [4.69, 9.17) is 0 Å². The molecular weight excluding hydrogens is 442 g/mol. The minimum absolute atomic E-state index is 0.0693. The Morgan fingerprint density at radius 3 is 1.56 bits per heavy atom. The molecule has 1 unspecified atom stereocenters. The molecule has 0 aromatic heterocycles. The average molecular weight is 508 g/mol. The van der Waals surface area contributed by atoms with Gasteiger partial charge >= 0.3 is 5.97 Å². The Balaban J connectivity index is 3.58. The van der Waals surface area contributed by atoms with Gasteiger partial charge in [0.25, 0.3) is 0 Å². The molecule has 0 fully saturated rings. The first kappa shape index (κ1) is 35.2. The Hall–Kier alpha value is -0.830. The van der Waals surface area contributed by atoms with Crippen LogP contribution in [0.25, 0.3) is 0 Å². The molecule has 214 valence electrons. The third-order valence-corrected chi connectivity index (χ3v) is 7.58. The van der Waals surface area contributed by atoms with Gasteiger partial charge in [0.2, 0.25) is 0 Å². The molecule has 0 heterocycles. The smallest absolute Gasteiger partial charge is 0.305 e. The molecule has 0 aromatic rings. The van der Waals surface area contributed by atoms with Crippen molar-refractivity contribution in [1.29, 1.82) is 0 Å². The molecule has 0 saturated heterocycles. The monoisotopic (exact) mass is 508 g/mol. The first-order valence-electron chi connectivity index (χ1n) is 16.0. The minimum Gasteiger partial charge on any atom is -0.469 e. The second kappa shape index (κ2) is 28.7. The summed E-state index contributed by atoms with van der Waals surface area (Å²) in [5.41, 5.74) is 0. The van der Waals surface area contributed by atoms with Crippen LogP contribution in [0.15, 0.2) is 12.2 Å². The molecule has 0 saturated carbocycles. The summed E-state index contributed by atoms with van der Waals surface area (Å²) in [6, 6.07) is 0. The number of esters is 1. The molecule has 0 aliphatic heterocycles. The van der Waals surface area contributed by atoms with Crippen molar-refractivity contribution in [2.24, 2.45) is 5.92 Å². The maximum Gasteiger partial charge on any atom is 0.305 e. The summed E-state index contributed by atoms with van der Waals surface area (Å²) < 4.78 is 4.68. The van der Waals surface area contributed by atoms with Gasteiger partial charge in [-0.15, -0.1) is 0 Å². The Kier molecular flexibility index (Phi) is 28.1. The number of nitrogens with zero attached hydrogens (tertiary/aromatic N) is 1. The molecule has 1 atom stereocenters. The number of carbonyl (C=O) groups excluding carboxylic acids is 1. The van der Waals surface area contributed by atoms with Gasteiger partial charge < -0.3 is 9.64 Å². The summed E-state index contributed by atoms with van der Waals surface area (Å²) >= 11 is 0. The molecule has 0 radical (unpaired) electrons. The third kappa shape index (κ3) is 27.8. The topological polar surface area (TPSA) is 29.5 Å². The predicted molar refractivity (Wildman–Crippen MR) is 160 cm³/mol. The highest BCUT2D eigenvalue weighted by Crippen LogP contribution is 2.22. The zero-order valence-electron chi connectivity index (χ0n) is 25.2. The van der Waals surface area contributed by atoms with Gasteiger partial charge in [0.15, 0.2) is 0 Å². The molecule has 0 N–H and O–H groups in total. The Morgan fingerprint density at radius 2 is 1.08 bits per heavy atom. The molecule has 0 aliphatic rings. The minimum atomic E-state index is -0.0693. The van der Waals surface area contributed by atoms with E-state index in [0.29, 0.717) is 6.42 Å². The van der Waals surface area contributed by atoms with Crippen molar-refractivity contribution in [2.75, 3.05) is 27.7 Å². The Morgan fingerprint density at radius 1 is 0.639 bits per heavy atom. The SMILES string of the molecule is CCCCCCCCCC(CCCCCC/C=C\CCCCCCCCCC(=O)OC)CCN(C)C. The van der Waals surface area contributed by atoms with Crippen molar-refractivity contribution >= 4 is 5.97 Å². The van der Waals surface area contributed by atoms with Crippen LogP contribution in [0, 0.1) is 5.92 Å². The van der Waals surface area contributed by atoms with Crippen LogP contribution in [0.3, 0.4) is 0 Å². The Labute approximate surface area is 227 Å². The van der Waals surface area contributed by atoms with E-state index in [1.807, 2.05) is 0 Å². The van der Waals surface area contributed by atoms with Crippen molar-refractivity contribution in [3.8, 4) is 0 Å². The lowest BCUT2D eigenvalue weighted by molar-refractivity contribution is -0.140. The quantitative estimate of drug-likeness (QED) is 0.0599. The van der Waals surface area contributed by atoms with Crippen molar-refractivity contribution in [3.05, 3.63) is 12.2 Å². The maximum atomic E-state index is 11.1. The summed E-state index contributed by atoms with van der Waals surface area (Å²) in [5.74, 6) is 0.878. The summed E-state index contributed by atoms with van der Waals surface area (Å²) in [5, 5.41) is 0. The largest absolute Gasteiger partial charge is 0.469 e. The van der Waals surface area contributed by atoms with Gasteiger partial charge in [0, 0.05) is 6.42 Å². The van der Waals surface area contributed by atoms with Crippen molar-refractivity contribution in [3.63, 3.8) is 0 Å². The van der Waals surface area contributed by atoms with E-state index >= 15 is 0 Å². The molecule has 0 aliphatic carbocycles. The molecule has 3 heteroatoms. The Bertz CT molecular complexity index is 474. The van der Waals surface area contributed by atoms with Gasteiger partial charge in [-0.1, -0.05) is 128 Å². The summed E-state index contributed by atoms with van der Waals surface area (Å²) in [7, 11) is 5.91. The van der Waals surface area contributed by atoms with E-state index in [1.165, 1.54) is 148 Å². The van der Waals surface area contributed by atoms with E-state index in [-0.39, 0.29) is 5.97 Å². The number of rotatable bonds is 28. The summed E-state index contributed by atoms with van der Waals surface area (Å²) in [6.07, 6.45) is 36.6. The molecule has 0 rings (SSSR count). The fraction of sp³-hybridized carbons (Fsp3) is 0.909. The van der Waals surface area contributed by atoms with Crippen molar-refractivity contribution in [1.82, 2.24) is 4.90 Å². The number of unbranched alkanes of at least 4 members (excludes halogenated alkanes) is 17. The molecule has 0 spiro atoms. The lowest BCUT2D eigenvalue weighted by atomic mass is 9.91. The second-order valence-electron chi connectivity index (χ2n) is 11.4. The van der Waals surface area contributed by atoms with E-state index < -0.39 is 0 Å². The molecule has 3 nitrogen and oxygen atoms in total.